The van der Waals surface area contributed by atoms with Crippen LogP contribution in [-0.2, 0) is 4.79 Å². The van der Waals surface area contributed by atoms with Gasteiger partial charge in [-0.1, -0.05) is 44.2 Å². The lowest BCUT2D eigenvalue weighted by Gasteiger charge is -2.44. The van der Waals surface area contributed by atoms with Crippen LogP contribution in [0.1, 0.15) is 47.6 Å². The SMILES string of the molecule is C=CC(=O)N1[C@H](C)CN(c2nc(=O)n([C@@H](/C(C)=C\C)[C@@H](N=C)C(C)C)c3nc(-c4ccccc4F)c(F)cc23)C[C@@H]1C. The topological polar surface area (TPSA) is 83.7 Å². The molecule has 1 amide bonds. The average Bonchev–Trinajstić information content (AvgIpc) is 2.95. The van der Waals surface area contributed by atoms with Gasteiger partial charge in [0, 0.05) is 30.7 Å². The number of amides is 1. The Hall–Kier alpha value is -4.21. The summed E-state index contributed by atoms with van der Waals surface area (Å²) < 4.78 is 32.2. The summed E-state index contributed by atoms with van der Waals surface area (Å²) in [4.78, 5) is 43.7. The molecule has 1 fully saturated rings. The first-order valence-electron chi connectivity index (χ1n) is 14.1. The molecule has 2 aromatic heterocycles. The lowest BCUT2D eigenvalue weighted by atomic mass is 9.91. The van der Waals surface area contributed by atoms with Crippen LogP contribution in [0.5, 0.6) is 0 Å². The number of piperazine rings is 1. The van der Waals surface area contributed by atoms with Crippen LogP contribution in [0, 0.1) is 17.6 Å². The number of carbonyl (C=O) groups excluding carboxylic acids is 1. The Morgan fingerprint density at radius 2 is 1.76 bits per heavy atom. The molecule has 0 bridgehead atoms. The molecule has 3 heterocycles. The van der Waals surface area contributed by atoms with Gasteiger partial charge in [0.2, 0.25) is 5.91 Å². The molecule has 10 heteroatoms. The van der Waals surface area contributed by atoms with Gasteiger partial charge in [-0.25, -0.2) is 18.6 Å². The summed E-state index contributed by atoms with van der Waals surface area (Å²) in [6, 6.07) is 5.57. The van der Waals surface area contributed by atoms with Crippen LogP contribution in [0.15, 0.2) is 64.4 Å². The molecule has 222 valence electrons. The molecule has 0 N–H and O–H groups in total. The third-order valence-electron chi connectivity index (χ3n) is 8.03. The van der Waals surface area contributed by atoms with Gasteiger partial charge in [0.15, 0.2) is 0 Å². The van der Waals surface area contributed by atoms with Gasteiger partial charge >= 0.3 is 5.69 Å². The van der Waals surface area contributed by atoms with Gasteiger partial charge in [-0.2, -0.15) is 4.98 Å². The van der Waals surface area contributed by atoms with E-state index in [0.717, 1.165) is 5.57 Å². The Morgan fingerprint density at radius 1 is 1.12 bits per heavy atom. The molecule has 1 aromatic carbocycles. The summed E-state index contributed by atoms with van der Waals surface area (Å²) >= 11 is 0. The van der Waals surface area contributed by atoms with Gasteiger partial charge in [-0.15, -0.1) is 0 Å². The number of benzene rings is 1. The van der Waals surface area contributed by atoms with Crippen LogP contribution in [-0.4, -0.2) is 63.3 Å². The highest BCUT2D eigenvalue weighted by atomic mass is 19.1. The maximum absolute atomic E-state index is 15.8. The Morgan fingerprint density at radius 3 is 2.31 bits per heavy atom. The van der Waals surface area contributed by atoms with Gasteiger partial charge in [0.25, 0.3) is 0 Å². The number of halogens is 2. The van der Waals surface area contributed by atoms with Crippen molar-refractivity contribution in [3.63, 3.8) is 0 Å². The first-order chi connectivity index (χ1) is 19.9. The zero-order valence-corrected chi connectivity index (χ0v) is 25.0. The summed E-state index contributed by atoms with van der Waals surface area (Å²) in [6.45, 7) is 19.6. The highest BCUT2D eigenvalue weighted by Crippen LogP contribution is 2.35. The maximum atomic E-state index is 15.8. The van der Waals surface area contributed by atoms with Crippen molar-refractivity contribution in [2.45, 2.75) is 65.7 Å². The van der Waals surface area contributed by atoms with Crippen molar-refractivity contribution in [3.05, 3.63) is 76.8 Å². The Balaban J connectivity index is 2.05. The average molecular weight is 577 g/mol. The lowest BCUT2D eigenvalue weighted by Crippen LogP contribution is -2.58. The Labute approximate surface area is 245 Å². The van der Waals surface area contributed by atoms with Gasteiger partial charge in [-0.05, 0) is 64.6 Å². The highest BCUT2D eigenvalue weighted by Gasteiger charge is 2.35. The minimum atomic E-state index is -0.746. The van der Waals surface area contributed by atoms with E-state index in [0.29, 0.717) is 18.5 Å². The number of anilines is 1. The van der Waals surface area contributed by atoms with E-state index in [9.17, 15) is 14.0 Å². The molecule has 4 atom stereocenters. The number of carbonyl (C=O) groups is 1. The fourth-order valence-electron chi connectivity index (χ4n) is 5.96. The molecule has 4 rings (SSSR count). The summed E-state index contributed by atoms with van der Waals surface area (Å²) in [5, 5.41) is 0.301. The second-order valence-corrected chi connectivity index (χ2v) is 11.2. The number of fused-ring (bicyclic) bond motifs is 1. The van der Waals surface area contributed by atoms with E-state index in [1.54, 1.807) is 11.0 Å². The Bertz CT molecular complexity index is 1600. The van der Waals surface area contributed by atoms with Gasteiger partial charge in [0.05, 0.1) is 17.5 Å². The van der Waals surface area contributed by atoms with Crippen molar-refractivity contribution < 1.29 is 13.6 Å². The summed E-state index contributed by atoms with van der Waals surface area (Å²) in [6.07, 6.45) is 3.17. The first kappa shape index (κ1) is 30.7. The number of hydrogen-bond acceptors (Lipinski definition) is 6. The minimum absolute atomic E-state index is 0.00677. The predicted octanol–water partition coefficient (Wildman–Crippen LogP) is 5.58. The van der Waals surface area contributed by atoms with Crippen LogP contribution in [0.2, 0.25) is 0 Å². The second kappa shape index (κ2) is 12.3. The van der Waals surface area contributed by atoms with Crippen molar-refractivity contribution in [1.82, 2.24) is 19.4 Å². The second-order valence-electron chi connectivity index (χ2n) is 11.2. The molecule has 3 aromatic rings. The van der Waals surface area contributed by atoms with Crippen LogP contribution < -0.4 is 10.6 Å². The first-order valence-corrected chi connectivity index (χ1v) is 14.1. The molecule has 0 saturated carbocycles. The number of hydrogen-bond donors (Lipinski definition) is 0. The zero-order chi connectivity index (χ0) is 30.9. The Kier molecular flexibility index (Phi) is 9.03. The molecule has 0 spiro atoms. The third kappa shape index (κ3) is 5.49. The fourth-order valence-corrected chi connectivity index (χ4v) is 5.96. The molecule has 0 unspecified atom stereocenters. The van der Waals surface area contributed by atoms with Crippen LogP contribution in [0.25, 0.3) is 22.3 Å². The number of allylic oxidation sites excluding steroid dienone is 1. The molecule has 1 saturated heterocycles. The molecule has 42 heavy (non-hydrogen) atoms. The maximum Gasteiger partial charge on any atom is 0.351 e. The van der Waals surface area contributed by atoms with Crippen LogP contribution >= 0.6 is 0 Å². The van der Waals surface area contributed by atoms with E-state index >= 15 is 4.39 Å². The normalized spacial score (nSPS) is 19.2. The van der Waals surface area contributed by atoms with Crippen LogP contribution in [0.3, 0.4) is 0 Å². The molecule has 0 radical (unpaired) electrons. The number of rotatable bonds is 8. The monoisotopic (exact) mass is 576 g/mol. The van der Waals surface area contributed by atoms with Crippen LogP contribution in [0.4, 0.5) is 14.6 Å². The highest BCUT2D eigenvalue weighted by molar-refractivity contribution is 5.90. The van der Waals surface area contributed by atoms with Crippen molar-refractivity contribution in [2.75, 3.05) is 18.0 Å². The minimum Gasteiger partial charge on any atom is -0.352 e. The largest absolute Gasteiger partial charge is 0.352 e. The van der Waals surface area contributed by atoms with E-state index in [4.69, 9.17) is 0 Å². The molecular weight excluding hydrogens is 538 g/mol. The molecule has 1 aliphatic rings. The molecule has 1 aliphatic heterocycles. The van der Waals surface area contributed by atoms with Gasteiger partial charge in [-0.3, -0.25) is 14.4 Å². The van der Waals surface area contributed by atoms with Crippen molar-refractivity contribution in [3.8, 4) is 11.3 Å². The van der Waals surface area contributed by atoms with Crippen molar-refractivity contribution in [1.29, 1.82) is 0 Å². The van der Waals surface area contributed by atoms with E-state index in [1.165, 1.54) is 34.9 Å². The lowest BCUT2D eigenvalue weighted by molar-refractivity contribution is -0.130. The predicted molar refractivity (Wildman–Crippen MR) is 164 cm³/mol. The van der Waals surface area contributed by atoms with E-state index in [-0.39, 0.29) is 46.6 Å². The van der Waals surface area contributed by atoms with Gasteiger partial charge in [0.1, 0.15) is 28.8 Å². The van der Waals surface area contributed by atoms with E-state index in [1.807, 2.05) is 52.5 Å². The number of nitrogens with zero attached hydrogens (tertiary/aromatic N) is 6. The molecule has 8 nitrogen and oxygen atoms in total. The third-order valence-corrected chi connectivity index (χ3v) is 8.03. The number of aromatic nitrogens is 3. The summed E-state index contributed by atoms with van der Waals surface area (Å²) in [7, 11) is 0. The number of aliphatic imine (C=N–C) groups is 1. The quantitative estimate of drug-likeness (QED) is 0.199. The van der Waals surface area contributed by atoms with E-state index in [2.05, 4.69) is 28.3 Å². The summed E-state index contributed by atoms with van der Waals surface area (Å²) in [5.74, 6) is -1.32. The summed E-state index contributed by atoms with van der Waals surface area (Å²) in [5.41, 5.74) is 0.168. The standard InChI is InChI=1S/C32H38F2N6O2/c1-9-19(5)29(27(35-8)18(3)4)40-31-23(15-25(34)28(36-31)22-13-11-12-14-24(22)33)30(37-32(40)42)38-16-20(6)39(21(7)17-38)26(41)10-2/h9-15,18,20-21,27,29H,2,8,16-17H2,1,3-7H3/b19-9-/t20-,21+,27-,29-/m0/s1. The number of pyridine rings is 1. The fraction of sp³-hybridized carbons (Fsp3) is 0.406. The van der Waals surface area contributed by atoms with Crippen molar-refractivity contribution >= 4 is 29.5 Å². The molecular formula is C32H38F2N6O2. The van der Waals surface area contributed by atoms with E-state index < -0.39 is 29.4 Å². The smallest absolute Gasteiger partial charge is 0.351 e. The molecule has 0 aliphatic carbocycles. The van der Waals surface area contributed by atoms with Crippen molar-refractivity contribution in [2.24, 2.45) is 10.9 Å². The zero-order valence-electron chi connectivity index (χ0n) is 25.0. The van der Waals surface area contributed by atoms with Gasteiger partial charge < -0.3 is 9.80 Å².